The summed E-state index contributed by atoms with van der Waals surface area (Å²) in [5.41, 5.74) is 1.46. The van der Waals surface area contributed by atoms with Crippen LogP contribution in [0.1, 0.15) is 24.4 Å². The lowest BCUT2D eigenvalue weighted by molar-refractivity contribution is -0.385. The summed E-state index contributed by atoms with van der Waals surface area (Å²) < 4.78 is 33.3. The Labute approximate surface area is 167 Å². The molecule has 28 heavy (non-hydrogen) atoms. The van der Waals surface area contributed by atoms with Gasteiger partial charge in [0.15, 0.2) is 0 Å². The van der Waals surface area contributed by atoms with E-state index in [2.05, 4.69) is 16.3 Å². The zero-order chi connectivity index (χ0) is 19.7. The van der Waals surface area contributed by atoms with Crippen molar-refractivity contribution >= 4 is 32.7 Å². The first-order chi connectivity index (χ1) is 13.5. The van der Waals surface area contributed by atoms with Gasteiger partial charge in [0.2, 0.25) is 10.0 Å². The van der Waals surface area contributed by atoms with E-state index in [1.807, 2.05) is 5.38 Å². The molecule has 0 radical (unpaired) electrons. The molecule has 0 aliphatic carbocycles. The van der Waals surface area contributed by atoms with Gasteiger partial charge in [-0.05, 0) is 41.3 Å². The van der Waals surface area contributed by atoms with Crippen LogP contribution < -0.4 is 4.90 Å². The van der Waals surface area contributed by atoms with Crippen molar-refractivity contribution < 1.29 is 18.1 Å². The van der Waals surface area contributed by atoms with Crippen molar-refractivity contribution in [3.63, 3.8) is 0 Å². The van der Waals surface area contributed by atoms with E-state index in [-0.39, 0.29) is 29.7 Å². The molecule has 0 unspecified atom stereocenters. The Morgan fingerprint density at radius 1 is 1.18 bits per heavy atom. The molecule has 2 saturated heterocycles. The first-order valence-corrected chi connectivity index (χ1v) is 11.5. The standard InChI is InChI=1S/C18H21N3O5S2/c22-21(23)15-3-4-17(20-6-1-2-16(20)14-5-11-27-13-14)18(12-15)28(24,25)19-7-9-26-10-8-19/h3-5,11-13,16H,1-2,6-10H2/t16-/m0/s1. The highest BCUT2D eigenvalue weighted by molar-refractivity contribution is 7.89. The summed E-state index contributed by atoms with van der Waals surface area (Å²) in [7, 11) is -3.87. The summed E-state index contributed by atoms with van der Waals surface area (Å²) in [4.78, 5) is 12.8. The van der Waals surface area contributed by atoms with E-state index < -0.39 is 14.9 Å². The van der Waals surface area contributed by atoms with Crippen LogP contribution in [-0.2, 0) is 14.8 Å². The zero-order valence-electron chi connectivity index (χ0n) is 15.2. The summed E-state index contributed by atoms with van der Waals surface area (Å²) in [5.74, 6) is 0. The number of ether oxygens (including phenoxy) is 1. The van der Waals surface area contributed by atoms with E-state index in [4.69, 9.17) is 4.74 Å². The molecule has 150 valence electrons. The number of benzene rings is 1. The molecule has 2 aliphatic rings. The van der Waals surface area contributed by atoms with E-state index in [0.29, 0.717) is 25.4 Å². The van der Waals surface area contributed by atoms with Crippen molar-refractivity contribution in [1.82, 2.24) is 4.31 Å². The number of nitro groups is 1. The fraction of sp³-hybridized carbons (Fsp3) is 0.444. The van der Waals surface area contributed by atoms with Crippen molar-refractivity contribution in [2.75, 3.05) is 37.7 Å². The number of nitrogens with zero attached hydrogens (tertiary/aromatic N) is 3. The summed E-state index contributed by atoms with van der Waals surface area (Å²) >= 11 is 1.61. The van der Waals surface area contributed by atoms with Crippen LogP contribution in [0.2, 0.25) is 0 Å². The number of anilines is 1. The number of hydrogen-bond donors (Lipinski definition) is 0. The molecule has 2 aromatic rings. The molecule has 0 N–H and O–H groups in total. The molecule has 0 saturated carbocycles. The summed E-state index contributed by atoms with van der Waals surface area (Å²) in [5, 5.41) is 15.4. The highest BCUT2D eigenvalue weighted by atomic mass is 32.2. The molecular formula is C18H21N3O5S2. The van der Waals surface area contributed by atoms with E-state index in [1.54, 1.807) is 17.4 Å². The second-order valence-corrected chi connectivity index (χ2v) is 9.52. The van der Waals surface area contributed by atoms with Gasteiger partial charge >= 0.3 is 0 Å². The van der Waals surface area contributed by atoms with Gasteiger partial charge in [-0.15, -0.1) is 0 Å². The quantitative estimate of drug-likeness (QED) is 0.542. The molecule has 0 spiro atoms. The molecule has 4 rings (SSSR count). The lowest BCUT2D eigenvalue weighted by Crippen LogP contribution is -2.41. The van der Waals surface area contributed by atoms with E-state index >= 15 is 0 Å². The highest BCUT2D eigenvalue weighted by Crippen LogP contribution is 2.41. The Hall–Kier alpha value is -2.01. The summed E-state index contributed by atoms with van der Waals surface area (Å²) in [6.07, 6.45) is 1.86. The maximum Gasteiger partial charge on any atom is 0.270 e. The molecule has 0 amide bonds. The Morgan fingerprint density at radius 3 is 2.64 bits per heavy atom. The molecule has 10 heteroatoms. The Morgan fingerprint density at radius 2 is 1.96 bits per heavy atom. The minimum absolute atomic E-state index is 0.00531. The van der Waals surface area contributed by atoms with Gasteiger partial charge in [-0.1, -0.05) is 0 Å². The van der Waals surface area contributed by atoms with Gasteiger partial charge in [-0.2, -0.15) is 15.6 Å². The Bertz CT molecular complexity index is 956. The molecule has 3 heterocycles. The highest BCUT2D eigenvalue weighted by Gasteiger charge is 2.35. The monoisotopic (exact) mass is 423 g/mol. The minimum Gasteiger partial charge on any atom is -0.379 e. The van der Waals surface area contributed by atoms with Crippen LogP contribution in [-0.4, -0.2) is 50.5 Å². The number of hydrogen-bond acceptors (Lipinski definition) is 7. The van der Waals surface area contributed by atoms with Gasteiger partial charge in [0, 0.05) is 31.8 Å². The number of rotatable bonds is 5. The summed E-state index contributed by atoms with van der Waals surface area (Å²) in [6.45, 7) is 1.86. The third kappa shape index (κ3) is 3.52. The molecule has 2 aliphatic heterocycles. The second kappa shape index (κ2) is 7.78. The van der Waals surface area contributed by atoms with Crippen LogP contribution in [0.5, 0.6) is 0 Å². The van der Waals surface area contributed by atoms with Gasteiger partial charge < -0.3 is 9.64 Å². The van der Waals surface area contributed by atoms with Crippen molar-refractivity contribution in [3.05, 3.63) is 50.7 Å². The maximum absolute atomic E-state index is 13.4. The van der Waals surface area contributed by atoms with Crippen molar-refractivity contribution in [2.45, 2.75) is 23.8 Å². The molecule has 1 atom stereocenters. The SMILES string of the molecule is O=[N+]([O-])c1ccc(N2CCC[C@H]2c2ccsc2)c(S(=O)(=O)N2CCOCC2)c1. The average molecular weight is 424 g/mol. The van der Waals surface area contributed by atoms with Crippen LogP contribution in [0, 0.1) is 10.1 Å². The summed E-state index contributed by atoms with van der Waals surface area (Å²) in [6, 6.07) is 6.29. The number of nitro benzene ring substituents is 1. The molecule has 8 nitrogen and oxygen atoms in total. The number of morpholine rings is 1. The third-order valence-electron chi connectivity index (χ3n) is 5.23. The Balaban J connectivity index is 1.80. The predicted molar refractivity (Wildman–Crippen MR) is 106 cm³/mol. The van der Waals surface area contributed by atoms with Crippen LogP contribution in [0.3, 0.4) is 0 Å². The van der Waals surface area contributed by atoms with Crippen LogP contribution in [0.15, 0.2) is 39.9 Å². The van der Waals surface area contributed by atoms with Crippen LogP contribution in [0.4, 0.5) is 11.4 Å². The van der Waals surface area contributed by atoms with E-state index in [9.17, 15) is 18.5 Å². The molecule has 2 fully saturated rings. The lowest BCUT2D eigenvalue weighted by atomic mass is 10.1. The van der Waals surface area contributed by atoms with Gasteiger partial charge in [0.25, 0.3) is 5.69 Å². The molecule has 1 aromatic heterocycles. The first kappa shape index (κ1) is 19.3. The second-order valence-electron chi connectivity index (χ2n) is 6.83. The zero-order valence-corrected chi connectivity index (χ0v) is 16.8. The van der Waals surface area contributed by atoms with Gasteiger partial charge in [-0.25, -0.2) is 8.42 Å². The smallest absolute Gasteiger partial charge is 0.270 e. The normalized spacial score (nSPS) is 21.1. The lowest BCUT2D eigenvalue weighted by Gasteiger charge is -2.31. The maximum atomic E-state index is 13.4. The number of sulfonamides is 1. The first-order valence-electron chi connectivity index (χ1n) is 9.13. The van der Waals surface area contributed by atoms with E-state index in [1.165, 1.54) is 16.4 Å². The van der Waals surface area contributed by atoms with Gasteiger partial charge in [0.1, 0.15) is 4.90 Å². The van der Waals surface area contributed by atoms with Crippen molar-refractivity contribution in [3.8, 4) is 0 Å². The molecule has 0 bridgehead atoms. The third-order valence-corrected chi connectivity index (χ3v) is 7.86. The fourth-order valence-electron chi connectivity index (χ4n) is 3.85. The number of non-ortho nitro benzene ring substituents is 1. The topological polar surface area (TPSA) is 93.0 Å². The largest absolute Gasteiger partial charge is 0.379 e. The van der Waals surface area contributed by atoms with Gasteiger partial charge in [-0.3, -0.25) is 10.1 Å². The van der Waals surface area contributed by atoms with E-state index in [0.717, 1.165) is 18.4 Å². The molecule has 1 aromatic carbocycles. The minimum atomic E-state index is -3.87. The van der Waals surface area contributed by atoms with Crippen LogP contribution >= 0.6 is 11.3 Å². The van der Waals surface area contributed by atoms with Crippen LogP contribution in [0.25, 0.3) is 0 Å². The fourth-order valence-corrected chi connectivity index (χ4v) is 6.19. The number of thiophene rings is 1. The average Bonchev–Trinajstić information content (AvgIpc) is 3.39. The van der Waals surface area contributed by atoms with Crippen molar-refractivity contribution in [1.29, 1.82) is 0 Å². The Kier molecular flexibility index (Phi) is 5.37. The predicted octanol–water partition coefficient (Wildman–Crippen LogP) is 3.02. The van der Waals surface area contributed by atoms with Gasteiger partial charge in [0.05, 0.1) is 29.9 Å². The molecular weight excluding hydrogens is 402 g/mol. The van der Waals surface area contributed by atoms with Crippen molar-refractivity contribution in [2.24, 2.45) is 0 Å².